The number of carboxylic acid groups (broad SMARTS) is 1. The van der Waals surface area contributed by atoms with Crippen LogP contribution in [0, 0.1) is 13.8 Å². The van der Waals surface area contributed by atoms with Crippen molar-refractivity contribution in [3.05, 3.63) is 47.2 Å². The van der Waals surface area contributed by atoms with E-state index in [2.05, 4.69) is 10.2 Å². The number of ether oxygens (including phenoxy) is 1. The molecule has 0 aliphatic heterocycles. The Kier molecular flexibility index (Phi) is 3.23. The largest absolute Gasteiger partial charge is 0.476 e. The van der Waals surface area contributed by atoms with Gasteiger partial charge < -0.3 is 9.84 Å². The van der Waals surface area contributed by atoms with Crippen LogP contribution in [0.1, 0.15) is 21.6 Å². The molecule has 5 heteroatoms. The zero-order valence-corrected chi connectivity index (χ0v) is 10.0. The third-order valence-corrected chi connectivity index (χ3v) is 2.40. The number of rotatable bonds is 3. The molecule has 1 N–H and O–H groups in total. The van der Waals surface area contributed by atoms with E-state index in [4.69, 9.17) is 9.84 Å². The second-order valence-corrected chi connectivity index (χ2v) is 3.93. The summed E-state index contributed by atoms with van der Waals surface area (Å²) in [6, 6.07) is 8.61. The average molecular weight is 244 g/mol. The van der Waals surface area contributed by atoms with Gasteiger partial charge in [0, 0.05) is 6.07 Å². The summed E-state index contributed by atoms with van der Waals surface area (Å²) in [5.41, 5.74) is 2.02. The van der Waals surface area contributed by atoms with Crippen LogP contribution in [0.4, 0.5) is 0 Å². The molecule has 0 saturated heterocycles. The minimum absolute atomic E-state index is 0.108. The van der Waals surface area contributed by atoms with Gasteiger partial charge in [-0.25, -0.2) is 4.79 Å². The zero-order valence-electron chi connectivity index (χ0n) is 10.0. The van der Waals surface area contributed by atoms with Gasteiger partial charge in [0.25, 0.3) is 0 Å². The van der Waals surface area contributed by atoms with Gasteiger partial charge in [-0.3, -0.25) is 0 Å². The zero-order chi connectivity index (χ0) is 13.1. The van der Waals surface area contributed by atoms with Gasteiger partial charge in [-0.05, 0) is 31.5 Å². The Morgan fingerprint density at radius 3 is 2.50 bits per heavy atom. The van der Waals surface area contributed by atoms with Crippen molar-refractivity contribution in [2.75, 3.05) is 0 Å². The highest BCUT2D eigenvalue weighted by atomic mass is 16.5. The van der Waals surface area contributed by atoms with E-state index < -0.39 is 5.97 Å². The molecule has 0 atom stereocenters. The number of aromatic nitrogens is 2. The Balaban J connectivity index is 2.21. The second kappa shape index (κ2) is 4.83. The van der Waals surface area contributed by atoms with Crippen molar-refractivity contribution >= 4 is 5.97 Å². The number of aryl methyl sites for hydroxylation is 2. The molecule has 2 aromatic rings. The summed E-state index contributed by atoms with van der Waals surface area (Å²) in [4.78, 5) is 10.6. The van der Waals surface area contributed by atoms with Crippen LogP contribution < -0.4 is 4.74 Å². The van der Waals surface area contributed by atoms with Crippen molar-refractivity contribution in [1.82, 2.24) is 10.2 Å². The van der Waals surface area contributed by atoms with Crippen LogP contribution in [0.2, 0.25) is 0 Å². The lowest BCUT2D eigenvalue weighted by Gasteiger charge is -2.07. The van der Waals surface area contributed by atoms with Crippen LogP contribution in [0.3, 0.4) is 0 Å². The van der Waals surface area contributed by atoms with Gasteiger partial charge in [0.1, 0.15) is 5.75 Å². The lowest BCUT2D eigenvalue weighted by atomic mass is 10.1. The molecule has 0 amide bonds. The molecule has 0 spiro atoms. The Hall–Kier alpha value is -2.43. The first kappa shape index (κ1) is 12.0. The molecule has 0 aliphatic rings. The molecule has 0 saturated carbocycles. The number of nitrogens with zero attached hydrogens (tertiary/aromatic N) is 2. The van der Waals surface area contributed by atoms with Crippen LogP contribution in [-0.4, -0.2) is 21.3 Å². The normalized spacial score (nSPS) is 10.1. The van der Waals surface area contributed by atoms with Crippen molar-refractivity contribution in [1.29, 1.82) is 0 Å². The highest BCUT2D eigenvalue weighted by Crippen LogP contribution is 2.23. The van der Waals surface area contributed by atoms with Crippen molar-refractivity contribution in [2.24, 2.45) is 0 Å². The fourth-order valence-corrected chi connectivity index (χ4v) is 1.52. The van der Waals surface area contributed by atoms with E-state index in [0.29, 0.717) is 5.75 Å². The number of carboxylic acids is 1. The molecule has 1 aromatic carbocycles. The van der Waals surface area contributed by atoms with E-state index in [1.54, 1.807) is 0 Å². The molecule has 92 valence electrons. The molecule has 18 heavy (non-hydrogen) atoms. The smallest absolute Gasteiger partial charge is 0.356 e. The number of hydrogen-bond donors (Lipinski definition) is 1. The van der Waals surface area contributed by atoms with Gasteiger partial charge >= 0.3 is 5.97 Å². The monoisotopic (exact) mass is 244 g/mol. The van der Waals surface area contributed by atoms with Crippen molar-refractivity contribution in [3.63, 3.8) is 0 Å². The van der Waals surface area contributed by atoms with Crippen LogP contribution >= 0.6 is 0 Å². The number of carbonyl (C=O) groups is 1. The maximum absolute atomic E-state index is 10.6. The fraction of sp³-hybridized carbons (Fsp3) is 0.154. The number of aromatic carboxylic acids is 1. The van der Waals surface area contributed by atoms with Crippen molar-refractivity contribution < 1.29 is 14.6 Å². The summed E-state index contributed by atoms with van der Waals surface area (Å²) in [5, 5.41) is 15.9. The van der Waals surface area contributed by atoms with Gasteiger partial charge in [0.15, 0.2) is 5.69 Å². The maximum Gasteiger partial charge on any atom is 0.356 e. The van der Waals surface area contributed by atoms with E-state index in [0.717, 1.165) is 11.1 Å². The fourth-order valence-electron chi connectivity index (χ4n) is 1.52. The first-order valence-electron chi connectivity index (χ1n) is 5.38. The standard InChI is InChI=1S/C13H12N2O3/c1-8-3-5-11(9(2)7-8)18-12-6-4-10(13(16)17)14-15-12/h3-7H,1-2H3,(H,16,17). The van der Waals surface area contributed by atoms with E-state index in [1.807, 2.05) is 32.0 Å². The summed E-state index contributed by atoms with van der Waals surface area (Å²) in [7, 11) is 0. The minimum Gasteiger partial charge on any atom is -0.476 e. The second-order valence-electron chi connectivity index (χ2n) is 3.93. The van der Waals surface area contributed by atoms with E-state index >= 15 is 0 Å². The molecule has 1 aromatic heterocycles. The van der Waals surface area contributed by atoms with Crippen molar-refractivity contribution in [3.8, 4) is 11.6 Å². The quantitative estimate of drug-likeness (QED) is 0.898. The van der Waals surface area contributed by atoms with Crippen LogP contribution in [-0.2, 0) is 0 Å². The van der Waals surface area contributed by atoms with Gasteiger partial charge in [-0.15, -0.1) is 10.2 Å². The average Bonchev–Trinajstić information content (AvgIpc) is 2.33. The topological polar surface area (TPSA) is 72.3 Å². The predicted molar refractivity (Wildman–Crippen MR) is 65.0 cm³/mol. The molecule has 0 bridgehead atoms. The van der Waals surface area contributed by atoms with Gasteiger partial charge in [-0.1, -0.05) is 17.7 Å². The SMILES string of the molecule is Cc1ccc(Oc2ccc(C(=O)O)nn2)c(C)c1. The highest BCUT2D eigenvalue weighted by Gasteiger charge is 2.07. The molecule has 0 unspecified atom stereocenters. The summed E-state index contributed by atoms with van der Waals surface area (Å²) < 4.78 is 5.53. The predicted octanol–water partition coefficient (Wildman–Crippen LogP) is 2.58. The van der Waals surface area contributed by atoms with Gasteiger partial charge in [0.2, 0.25) is 5.88 Å². The summed E-state index contributed by atoms with van der Waals surface area (Å²) >= 11 is 0. The van der Waals surface area contributed by atoms with Gasteiger partial charge in [0.05, 0.1) is 0 Å². The molecule has 0 radical (unpaired) electrons. The molecule has 0 aliphatic carbocycles. The molecule has 1 heterocycles. The minimum atomic E-state index is -1.11. The van der Waals surface area contributed by atoms with E-state index in [9.17, 15) is 4.79 Å². The number of hydrogen-bond acceptors (Lipinski definition) is 4. The van der Waals surface area contributed by atoms with Gasteiger partial charge in [-0.2, -0.15) is 0 Å². The lowest BCUT2D eigenvalue weighted by Crippen LogP contribution is -2.02. The van der Waals surface area contributed by atoms with Crippen LogP contribution in [0.25, 0.3) is 0 Å². The molecular weight excluding hydrogens is 232 g/mol. The highest BCUT2D eigenvalue weighted by molar-refractivity contribution is 5.84. The van der Waals surface area contributed by atoms with Crippen LogP contribution in [0.15, 0.2) is 30.3 Å². The molecule has 2 rings (SSSR count). The van der Waals surface area contributed by atoms with Crippen LogP contribution in [0.5, 0.6) is 11.6 Å². The van der Waals surface area contributed by atoms with E-state index in [1.165, 1.54) is 12.1 Å². The Morgan fingerprint density at radius 2 is 1.94 bits per heavy atom. The Morgan fingerprint density at radius 1 is 1.17 bits per heavy atom. The third kappa shape index (κ3) is 2.63. The Bertz CT molecular complexity index is 579. The maximum atomic E-state index is 10.6. The third-order valence-electron chi connectivity index (χ3n) is 2.40. The first-order chi connectivity index (χ1) is 8.56. The molecule has 0 fully saturated rings. The van der Waals surface area contributed by atoms with E-state index in [-0.39, 0.29) is 11.6 Å². The molecule has 5 nitrogen and oxygen atoms in total. The summed E-state index contributed by atoms with van der Waals surface area (Å²) in [6.07, 6.45) is 0. The summed E-state index contributed by atoms with van der Waals surface area (Å²) in [6.45, 7) is 3.93. The van der Waals surface area contributed by atoms with Crippen molar-refractivity contribution in [2.45, 2.75) is 13.8 Å². The summed E-state index contributed by atoms with van der Waals surface area (Å²) in [5.74, 6) is -0.162. The number of benzene rings is 1. The first-order valence-corrected chi connectivity index (χ1v) is 5.38. The Labute approximate surface area is 104 Å². The lowest BCUT2D eigenvalue weighted by molar-refractivity contribution is 0.0689. The molecular formula is C13H12N2O3.